The highest BCUT2D eigenvalue weighted by molar-refractivity contribution is 5.91. The zero-order chi connectivity index (χ0) is 27.1. The van der Waals surface area contributed by atoms with Crippen molar-refractivity contribution in [1.82, 2.24) is 0 Å². The Kier molecular flexibility index (Phi) is 30.3. The summed E-state index contributed by atoms with van der Waals surface area (Å²) in [6.45, 7) is 5.37. The number of carbonyl (C=O) groups excluding carboxylic acids is 2. The first-order valence-electron chi connectivity index (χ1n) is 16.5. The third-order valence-corrected chi connectivity index (χ3v) is 7.31. The summed E-state index contributed by atoms with van der Waals surface area (Å²) in [5.74, 6) is -0.899. The molecular weight excluding hydrogens is 460 g/mol. The molecule has 4 nitrogen and oxygen atoms in total. The molecule has 0 aliphatic rings. The van der Waals surface area contributed by atoms with Crippen LogP contribution in [0.15, 0.2) is 0 Å². The molecule has 0 aliphatic heterocycles. The van der Waals surface area contributed by atoms with E-state index < -0.39 is 11.9 Å². The molecule has 0 amide bonds. The summed E-state index contributed by atoms with van der Waals surface area (Å²) in [6.07, 6.45) is 33.4. The van der Waals surface area contributed by atoms with Crippen molar-refractivity contribution < 1.29 is 19.1 Å². The Morgan fingerprint density at radius 2 is 0.568 bits per heavy atom. The fraction of sp³-hybridized carbons (Fsp3) is 0.939. The molecule has 37 heavy (non-hydrogen) atoms. The van der Waals surface area contributed by atoms with Crippen LogP contribution in [0.2, 0.25) is 0 Å². The Bertz CT molecular complexity index is 435. The van der Waals surface area contributed by atoms with Gasteiger partial charge < -0.3 is 9.47 Å². The summed E-state index contributed by atoms with van der Waals surface area (Å²) >= 11 is 0. The number of esters is 2. The second-order valence-corrected chi connectivity index (χ2v) is 11.1. The molecule has 0 heterocycles. The van der Waals surface area contributed by atoms with Crippen molar-refractivity contribution in [3.8, 4) is 0 Å². The maximum Gasteiger partial charge on any atom is 0.317 e. The fourth-order valence-corrected chi connectivity index (χ4v) is 4.83. The molecule has 0 saturated heterocycles. The molecule has 0 aromatic rings. The summed E-state index contributed by atoms with van der Waals surface area (Å²) in [6, 6.07) is 0. The van der Waals surface area contributed by atoms with Gasteiger partial charge in [-0.05, 0) is 12.8 Å². The lowest BCUT2D eigenvalue weighted by atomic mass is 10.0. The normalized spacial score (nSPS) is 11.1. The molecule has 0 N–H and O–H groups in total. The average Bonchev–Trinajstić information content (AvgIpc) is 2.89. The number of unbranched alkanes of at least 4 members (excludes halogenated alkanes) is 24. The summed E-state index contributed by atoms with van der Waals surface area (Å²) in [7, 11) is 0. The van der Waals surface area contributed by atoms with Crippen LogP contribution in [0.5, 0.6) is 0 Å². The highest BCUT2D eigenvalue weighted by Crippen LogP contribution is 2.14. The van der Waals surface area contributed by atoms with Gasteiger partial charge in [-0.2, -0.15) is 0 Å². The lowest BCUT2D eigenvalue weighted by Crippen LogP contribution is -2.15. The van der Waals surface area contributed by atoms with Crippen LogP contribution in [0.4, 0.5) is 0 Å². The predicted octanol–water partition coefficient (Wildman–Crippen LogP) is 10.6. The van der Waals surface area contributed by atoms with Gasteiger partial charge in [0, 0.05) is 0 Å². The second-order valence-electron chi connectivity index (χ2n) is 11.1. The maximum absolute atomic E-state index is 11.8. The van der Waals surface area contributed by atoms with Crippen molar-refractivity contribution in [1.29, 1.82) is 0 Å². The Hall–Kier alpha value is -1.06. The van der Waals surface area contributed by atoms with Crippen molar-refractivity contribution >= 4 is 11.9 Å². The third-order valence-electron chi connectivity index (χ3n) is 7.31. The van der Waals surface area contributed by atoms with Gasteiger partial charge in [0.05, 0.1) is 13.2 Å². The van der Waals surface area contributed by atoms with E-state index in [4.69, 9.17) is 9.47 Å². The van der Waals surface area contributed by atoms with Crippen LogP contribution in [0.1, 0.15) is 187 Å². The van der Waals surface area contributed by atoms with E-state index in [0.29, 0.717) is 13.2 Å². The second kappa shape index (κ2) is 31.2. The van der Waals surface area contributed by atoms with Crippen molar-refractivity contribution in [2.24, 2.45) is 0 Å². The SMILES string of the molecule is CCCCCCCCCCCCCCCOC(=O)CC(=O)OCCCCCCCCCCCCCCC. The van der Waals surface area contributed by atoms with E-state index in [0.717, 1.165) is 25.7 Å². The number of ether oxygens (including phenoxy) is 2. The molecule has 0 bridgehead atoms. The van der Waals surface area contributed by atoms with Gasteiger partial charge in [0.25, 0.3) is 0 Å². The molecule has 0 aromatic carbocycles. The fourth-order valence-electron chi connectivity index (χ4n) is 4.83. The van der Waals surface area contributed by atoms with Gasteiger partial charge in [-0.25, -0.2) is 0 Å². The molecular formula is C33H64O4. The van der Waals surface area contributed by atoms with Crippen LogP contribution in [0.25, 0.3) is 0 Å². The molecule has 0 spiro atoms. The van der Waals surface area contributed by atoms with Gasteiger partial charge in [0.15, 0.2) is 0 Å². The number of rotatable bonds is 30. The number of carbonyl (C=O) groups is 2. The number of hydrogen-bond acceptors (Lipinski definition) is 4. The van der Waals surface area contributed by atoms with E-state index >= 15 is 0 Å². The summed E-state index contributed by atoms with van der Waals surface area (Å²) in [5, 5.41) is 0. The summed E-state index contributed by atoms with van der Waals surface area (Å²) < 4.78 is 10.4. The molecule has 0 aliphatic carbocycles. The van der Waals surface area contributed by atoms with Crippen LogP contribution >= 0.6 is 0 Å². The number of hydrogen-bond donors (Lipinski definition) is 0. The van der Waals surface area contributed by atoms with E-state index in [1.165, 1.54) is 141 Å². The summed E-state index contributed by atoms with van der Waals surface area (Å²) in [5.41, 5.74) is 0. The molecule has 0 radical (unpaired) electrons. The van der Waals surface area contributed by atoms with Gasteiger partial charge in [0.1, 0.15) is 6.42 Å². The zero-order valence-electron chi connectivity index (χ0n) is 25.1. The zero-order valence-corrected chi connectivity index (χ0v) is 25.1. The molecule has 0 atom stereocenters. The van der Waals surface area contributed by atoms with Crippen molar-refractivity contribution in [3.63, 3.8) is 0 Å². The van der Waals surface area contributed by atoms with Gasteiger partial charge in [0.2, 0.25) is 0 Å². The lowest BCUT2D eigenvalue weighted by Gasteiger charge is -2.06. The standard InChI is InChI=1S/C33H64O4/c1-3-5-7-9-11-13-15-17-19-21-23-25-27-29-36-32(34)31-33(35)37-30-28-26-24-22-20-18-16-14-12-10-8-6-4-2/h3-31H2,1-2H3. The molecule has 0 aromatic heterocycles. The third kappa shape index (κ3) is 31.1. The van der Waals surface area contributed by atoms with E-state index in [-0.39, 0.29) is 6.42 Å². The van der Waals surface area contributed by atoms with E-state index in [9.17, 15) is 9.59 Å². The molecule has 0 rings (SSSR count). The quantitative estimate of drug-likeness (QED) is 0.0532. The minimum atomic E-state index is -0.450. The van der Waals surface area contributed by atoms with Crippen LogP contribution < -0.4 is 0 Å². The van der Waals surface area contributed by atoms with E-state index in [2.05, 4.69) is 13.8 Å². The van der Waals surface area contributed by atoms with Crippen LogP contribution in [-0.2, 0) is 19.1 Å². The Morgan fingerprint density at radius 3 is 0.811 bits per heavy atom. The van der Waals surface area contributed by atoms with Gasteiger partial charge >= 0.3 is 11.9 Å². The lowest BCUT2D eigenvalue weighted by molar-refractivity contribution is -0.154. The maximum atomic E-state index is 11.8. The predicted molar refractivity (Wildman–Crippen MR) is 158 cm³/mol. The van der Waals surface area contributed by atoms with E-state index in [1.54, 1.807) is 0 Å². The molecule has 0 saturated carbocycles. The van der Waals surface area contributed by atoms with Crippen molar-refractivity contribution in [2.75, 3.05) is 13.2 Å². The van der Waals surface area contributed by atoms with Crippen LogP contribution in [-0.4, -0.2) is 25.2 Å². The van der Waals surface area contributed by atoms with Gasteiger partial charge in [-0.1, -0.05) is 168 Å². The van der Waals surface area contributed by atoms with Gasteiger partial charge in [-0.15, -0.1) is 0 Å². The Balaban J connectivity index is 3.28. The Labute approximate surface area is 231 Å². The molecule has 0 fully saturated rings. The van der Waals surface area contributed by atoms with Crippen molar-refractivity contribution in [3.05, 3.63) is 0 Å². The highest BCUT2D eigenvalue weighted by atomic mass is 16.6. The van der Waals surface area contributed by atoms with Gasteiger partial charge in [-0.3, -0.25) is 9.59 Å². The van der Waals surface area contributed by atoms with E-state index in [1.807, 2.05) is 0 Å². The van der Waals surface area contributed by atoms with Crippen molar-refractivity contribution in [2.45, 2.75) is 187 Å². The molecule has 220 valence electrons. The van der Waals surface area contributed by atoms with Crippen LogP contribution in [0.3, 0.4) is 0 Å². The topological polar surface area (TPSA) is 52.6 Å². The monoisotopic (exact) mass is 524 g/mol. The highest BCUT2D eigenvalue weighted by Gasteiger charge is 2.11. The Morgan fingerprint density at radius 1 is 0.351 bits per heavy atom. The first-order chi connectivity index (χ1) is 18.2. The minimum Gasteiger partial charge on any atom is -0.465 e. The smallest absolute Gasteiger partial charge is 0.317 e. The molecule has 0 unspecified atom stereocenters. The van der Waals surface area contributed by atoms with Crippen LogP contribution in [0, 0.1) is 0 Å². The molecule has 4 heteroatoms. The first-order valence-corrected chi connectivity index (χ1v) is 16.5. The minimum absolute atomic E-state index is 0.253. The first kappa shape index (κ1) is 35.9. The average molecular weight is 525 g/mol. The summed E-state index contributed by atoms with van der Waals surface area (Å²) in [4.78, 5) is 23.6. The largest absolute Gasteiger partial charge is 0.465 e.